The van der Waals surface area contributed by atoms with Gasteiger partial charge in [0, 0.05) is 44.8 Å². The number of guanidine groups is 1. The van der Waals surface area contributed by atoms with Gasteiger partial charge in [-0.3, -0.25) is 4.79 Å². The number of carbonyl (C=O) groups excluding carboxylic acids is 1. The molecule has 0 bridgehead atoms. The molecule has 30 heavy (non-hydrogen) atoms. The molecular weight excluding hydrogens is 489 g/mol. The predicted octanol–water partition coefficient (Wildman–Crippen LogP) is 3.19. The molecule has 3 N–H and O–H groups in total. The van der Waals surface area contributed by atoms with E-state index in [0.29, 0.717) is 5.96 Å². The maximum atomic E-state index is 11.9. The highest BCUT2D eigenvalue weighted by molar-refractivity contribution is 14.0. The maximum absolute atomic E-state index is 11.9. The number of amides is 1. The van der Waals surface area contributed by atoms with Crippen molar-refractivity contribution in [3.8, 4) is 0 Å². The average Bonchev–Trinajstić information content (AvgIpc) is 3.14. The number of rotatable bonds is 8. The lowest BCUT2D eigenvalue weighted by Gasteiger charge is -2.13. The van der Waals surface area contributed by atoms with E-state index in [0.717, 1.165) is 31.4 Å². The third kappa shape index (κ3) is 7.37. The topological polar surface area (TPSA) is 72.5 Å². The van der Waals surface area contributed by atoms with Gasteiger partial charge < -0.3 is 20.5 Å². The first-order valence-electron chi connectivity index (χ1n) is 9.95. The second-order valence-corrected chi connectivity index (χ2v) is 7.17. The van der Waals surface area contributed by atoms with E-state index < -0.39 is 0 Å². The molecule has 7 heteroatoms. The normalized spacial score (nSPS) is 11.1. The lowest BCUT2D eigenvalue weighted by atomic mass is 10.1. The third-order valence-corrected chi connectivity index (χ3v) is 4.69. The van der Waals surface area contributed by atoms with Gasteiger partial charge >= 0.3 is 0 Å². The van der Waals surface area contributed by atoms with Crippen LogP contribution in [0.4, 0.5) is 0 Å². The first-order valence-corrected chi connectivity index (χ1v) is 9.95. The molecule has 1 aromatic heterocycles. The summed E-state index contributed by atoms with van der Waals surface area (Å²) in [6.07, 6.45) is 1.74. The zero-order chi connectivity index (χ0) is 20.5. The van der Waals surface area contributed by atoms with E-state index in [-0.39, 0.29) is 36.4 Å². The minimum absolute atomic E-state index is 0. The van der Waals surface area contributed by atoms with Gasteiger partial charge in [-0.05, 0) is 29.5 Å². The van der Waals surface area contributed by atoms with Crippen molar-refractivity contribution >= 4 is 46.7 Å². The van der Waals surface area contributed by atoms with Crippen molar-refractivity contribution in [1.82, 2.24) is 20.5 Å². The number of halogens is 1. The molecule has 1 heterocycles. The fourth-order valence-electron chi connectivity index (χ4n) is 3.02. The number of fused-ring (bicyclic) bond motifs is 1. The minimum Gasteiger partial charge on any atom is -0.358 e. The van der Waals surface area contributed by atoms with Crippen LogP contribution in [0.15, 0.2) is 65.7 Å². The summed E-state index contributed by atoms with van der Waals surface area (Å²) in [5.41, 5.74) is 3.59. The molecule has 0 aliphatic rings. The highest BCUT2D eigenvalue weighted by Gasteiger charge is 2.05. The standard InChI is InChI=1S/C23H29N5O.HI/c1-28(2)22(29)17-26-23(24-14-12-18-8-4-3-5-9-18)25-15-13-20-16-19-10-6-7-11-21(19)27-20;/h3-11,16,27H,12-15,17H2,1-2H3,(H2,24,25,26);1H. The van der Waals surface area contributed by atoms with Crippen LogP contribution in [-0.2, 0) is 17.6 Å². The molecule has 160 valence electrons. The quantitative estimate of drug-likeness (QED) is 0.243. The van der Waals surface area contributed by atoms with Crippen LogP contribution < -0.4 is 10.6 Å². The van der Waals surface area contributed by atoms with E-state index in [9.17, 15) is 4.79 Å². The Kier molecular flexibility index (Phi) is 9.66. The zero-order valence-electron chi connectivity index (χ0n) is 17.5. The van der Waals surface area contributed by atoms with Gasteiger partial charge in [-0.2, -0.15) is 0 Å². The fourth-order valence-corrected chi connectivity index (χ4v) is 3.02. The van der Waals surface area contributed by atoms with E-state index in [1.807, 2.05) is 30.3 Å². The van der Waals surface area contributed by atoms with Crippen molar-refractivity contribution in [2.45, 2.75) is 12.8 Å². The van der Waals surface area contributed by atoms with Crippen LogP contribution in [0.1, 0.15) is 11.3 Å². The number of benzene rings is 2. The first-order chi connectivity index (χ1) is 14.1. The molecule has 0 aliphatic heterocycles. The molecule has 0 radical (unpaired) electrons. The van der Waals surface area contributed by atoms with Gasteiger partial charge in [0.15, 0.2) is 5.96 Å². The number of hydrogen-bond donors (Lipinski definition) is 3. The number of aromatic nitrogens is 1. The summed E-state index contributed by atoms with van der Waals surface area (Å²) in [6.45, 7) is 1.60. The molecule has 0 spiro atoms. The summed E-state index contributed by atoms with van der Waals surface area (Å²) >= 11 is 0. The van der Waals surface area contributed by atoms with Gasteiger partial charge in [-0.15, -0.1) is 24.0 Å². The summed E-state index contributed by atoms with van der Waals surface area (Å²) < 4.78 is 0. The highest BCUT2D eigenvalue weighted by Crippen LogP contribution is 2.14. The van der Waals surface area contributed by atoms with Crippen LogP contribution in [0.5, 0.6) is 0 Å². The summed E-state index contributed by atoms with van der Waals surface area (Å²) in [5, 5.41) is 7.89. The van der Waals surface area contributed by atoms with Crippen molar-refractivity contribution in [1.29, 1.82) is 0 Å². The molecule has 0 aliphatic carbocycles. The molecule has 0 saturated heterocycles. The van der Waals surface area contributed by atoms with E-state index in [1.54, 1.807) is 19.0 Å². The first kappa shape index (κ1) is 23.7. The Morgan fingerprint density at radius 1 is 0.967 bits per heavy atom. The van der Waals surface area contributed by atoms with Crippen molar-refractivity contribution < 1.29 is 4.79 Å². The zero-order valence-corrected chi connectivity index (χ0v) is 19.9. The van der Waals surface area contributed by atoms with E-state index in [2.05, 4.69) is 50.9 Å². The Labute approximate surface area is 195 Å². The summed E-state index contributed by atoms with van der Waals surface area (Å²) in [5.74, 6) is 0.636. The third-order valence-electron chi connectivity index (χ3n) is 4.69. The van der Waals surface area contributed by atoms with E-state index in [1.165, 1.54) is 16.6 Å². The molecule has 3 rings (SSSR count). The van der Waals surface area contributed by atoms with Gasteiger partial charge in [-0.25, -0.2) is 4.99 Å². The highest BCUT2D eigenvalue weighted by atomic mass is 127. The van der Waals surface area contributed by atoms with Crippen molar-refractivity contribution in [3.63, 3.8) is 0 Å². The van der Waals surface area contributed by atoms with Crippen LogP contribution in [-0.4, -0.2) is 55.5 Å². The van der Waals surface area contributed by atoms with Gasteiger partial charge in [-0.1, -0.05) is 48.5 Å². The monoisotopic (exact) mass is 519 g/mol. The molecular formula is C23H30IN5O. The number of H-pyrrole nitrogens is 1. The van der Waals surface area contributed by atoms with Gasteiger partial charge in [0.1, 0.15) is 6.54 Å². The molecule has 2 aromatic carbocycles. The molecule has 0 unspecified atom stereocenters. The van der Waals surface area contributed by atoms with Gasteiger partial charge in [0.05, 0.1) is 0 Å². The summed E-state index contributed by atoms with van der Waals surface area (Å²) in [6, 6.07) is 20.7. The van der Waals surface area contributed by atoms with Crippen molar-refractivity contribution in [3.05, 3.63) is 71.9 Å². The second-order valence-electron chi connectivity index (χ2n) is 7.17. The van der Waals surface area contributed by atoms with E-state index >= 15 is 0 Å². The van der Waals surface area contributed by atoms with Crippen molar-refractivity contribution in [2.75, 3.05) is 33.7 Å². The molecule has 1 amide bonds. The van der Waals surface area contributed by atoms with Gasteiger partial charge in [0.25, 0.3) is 0 Å². The number of hydrogen-bond acceptors (Lipinski definition) is 2. The number of aromatic amines is 1. The number of nitrogens with one attached hydrogen (secondary N) is 3. The lowest BCUT2D eigenvalue weighted by Crippen LogP contribution is -2.40. The Hall–Kier alpha value is -2.55. The maximum Gasteiger partial charge on any atom is 0.243 e. The molecule has 3 aromatic rings. The largest absolute Gasteiger partial charge is 0.358 e. The number of aliphatic imine (C=N–C) groups is 1. The number of para-hydroxylation sites is 1. The van der Waals surface area contributed by atoms with Crippen LogP contribution >= 0.6 is 24.0 Å². The Morgan fingerprint density at radius 2 is 1.63 bits per heavy atom. The van der Waals surface area contributed by atoms with Crippen LogP contribution in [0.25, 0.3) is 10.9 Å². The van der Waals surface area contributed by atoms with Crippen LogP contribution in [0, 0.1) is 0 Å². The average molecular weight is 519 g/mol. The van der Waals surface area contributed by atoms with Crippen LogP contribution in [0.2, 0.25) is 0 Å². The smallest absolute Gasteiger partial charge is 0.243 e. The number of nitrogens with zero attached hydrogens (tertiary/aromatic N) is 2. The SMILES string of the molecule is CN(C)C(=O)CN=C(NCCc1ccccc1)NCCc1cc2ccccc2[nH]1.I. The van der Waals surface area contributed by atoms with Crippen molar-refractivity contribution in [2.24, 2.45) is 4.99 Å². The van der Waals surface area contributed by atoms with Crippen LogP contribution in [0.3, 0.4) is 0 Å². The number of likely N-dealkylation sites (N-methyl/N-ethyl adjacent to an activating group) is 1. The summed E-state index contributed by atoms with van der Waals surface area (Å²) in [7, 11) is 3.48. The van der Waals surface area contributed by atoms with Gasteiger partial charge in [0.2, 0.25) is 5.91 Å². The van der Waals surface area contributed by atoms with E-state index in [4.69, 9.17) is 0 Å². The Morgan fingerprint density at radius 3 is 2.33 bits per heavy atom. The Balaban J connectivity index is 0.00000320. The fraction of sp³-hybridized carbons (Fsp3) is 0.304. The molecule has 0 saturated carbocycles. The lowest BCUT2D eigenvalue weighted by molar-refractivity contribution is -0.127. The molecule has 6 nitrogen and oxygen atoms in total. The Bertz CT molecular complexity index is 919. The summed E-state index contributed by atoms with van der Waals surface area (Å²) in [4.78, 5) is 21.3. The molecule has 0 atom stereocenters. The number of carbonyl (C=O) groups is 1. The minimum atomic E-state index is -0.0234. The molecule has 0 fully saturated rings. The predicted molar refractivity (Wildman–Crippen MR) is 135 cm³/mol. The second kappa shape index (κ2) is 12.2.